The van der Waals surface area contributed by atoms with Crippen molar-refractivity contribution in [3.05, 3.63) is 94.6 Å². The molecular weight excluding hydrogens is 571 g/mol. The van der Waals surface area contributed by atoms with Gasteiger partial charge in [-0.25, -0.2) is 0 Å². The minimum absolute atomic E-state index is 0. The molecule has 0 amide bonds. The number of Topliss-reactive ketones (excluding diaryl/α,β-unsaturated/α-hetero) is 1. The highest BCUT2D eigenvalue weighted by Crippen LogP contribution is 2.40. The molecule has 0 aliphatic heterocycles. The molecule has 0 radical (unpaired) electrons. The van der Waals surface area contributed by atoms with E-state index < -0.39 is 0 Å². The first-order valence-corrected chi connectivity index (χ1v) is 16.5. The minimum atomic E-state index is 0. The first-order chi connectivity index (χ1) is 20.4. The van der Waals surface area contributed by atoms with Crippen molar-refractivity contribution in [2.75, 3.05) is 0 Å². The fraction of sp³-hybridized carbons (Fsp3) is 0.447. The molecule has 1 atom stereocenters. The lowest BCUT2D eigenvalue weighted by Gasteiger charge is -2.26. The summed E-state index contributed by atoms with van der Waals surface area (Å²) in [4.78, 5) is 13.8. The molecule has 0 spiro atoms. The zero-order valence-electron chi connectivity index (χ0n) is 25.4. The van der Waals surface area contributed by atoms with Crippen LogP contribution in [-0.2, 0) is 11.3 Å². The maximum absolute atomic E-state index is 13.8. The maximum atomic E-state index is 13.8. The fourth-order valence-electron chi connectivity index (χ4n) is 7.58. The van der Waals surface area contributed by atoms with Crippen LogP contribution in [0.25, 0.3) is 22.0 Å². The average Bonchev–Trinajstić information content (AvgIpc) is 3.35. The van der Waals surface area contributed by atoms with E-state index in [4.69, 9.17) is 17.3 Å². The summed E-state index contributed by atoms with van der Waals surface area (Å²) in [6.07, 6.45) is 14.4. The van der Waals surface area contributed by atoms with Crippen LogP contribution >= 0.6 is 24.0 Å². The lowest BCUT2D eigenvalue weighted by atomic mass is 9.80. The Kier molecular flexibility index (Phi) is 10.7. The number of hydrogen-bond donors (Lipinski definition) is 1. The second-order valence-electron chi connectivity index (χ2n) is 13.1. The second kappa shape index (κ2) is 14.5. The van der Waals surface area contributed by atoms with Gasteiger partial charge in [0, 0.05) is 59.0 Å². The van der Waals surface area contributed by atoms with E-state index >= 15 is 0 Å². The number of nitrogens with two attached hydrogens (primary N) is 1. The predicted molar refractivity (Wildman–Crippen MR) is 183 cm³/mol. The van der Waals surface area contributed by atoms with Gasteiger partial charge in [-0.05, 0) is 92.2 Å². The Morgan fingerprint density at radius 1 is 0.907 bits per heavy atom. The number of aryl methyl sites for hydroxylation is 1. The summed E-state index contributed by atoms with van der Waals surface area (Å²) in [7, 11) is 0. The van der Waals surface area contributed by atoms with Gasteiger partial charge < -0.3 is 10.3 Å². The Labute approximate surface area is 268 Å². The van der Waals surface area contributed by atoms with Gasteiger partial charge in [-0.2, -0.15) is 0 Å². The Balaban J connectivity index is 0.00000368. The largest absolute Gasteiger partial charge is 0.347 e. The lowest BCUT2D eigenvalue weighted by Crippen LogP contribution is -2.27. The molecule has 228 valence electrons. The summed E-state index contributed by atoms with van der Waals surface area (Å²) in [6, 6.07) is 24.0. The molecule has 1 unspecified atom stereocenters. The first-order valence-electron chi connectivity index (χ1n) is 16.2. The van der Waals surface area contributed by atoms with E-state index in [0.29, 0.717) is 36.5 Å². The van der Waals surface area contributed by atoms with Crippen LogP contribution in [0.4, 0.5) is 0 Å². The molecule has 5 heteroatoms. The zero-order valence-corrected chi connectivity index (χ0v) is 27.0. The fourth-order valence-corrected chi connectivity index (χ4v) is 7.83. The number of carbonyl (C=O) groups excluding carboxylic acids is 1. The molecule has 6 rings (SSSR count). The van der Waals surface area contributed by atoms with Crippen LogP contribution in [0, 0.1) is 18.8 Å². The van der Waals surface area contributed by atoms with Crippen molar-refractivity contribution in [3.8, 4) is 11.1 Å². The van der Waals surface area contributed by atoms with Crippen molar-refractivity contribution in [1.82, 2.24) is 4.57 Å². The second-order valence-corrected chi connectivity index (χ2v) is 13.6. The van der Waals surface area contributed by atoms with Gasteiger partial charge in [0.2, 0.25) is 0 Å². The molecule has 2 aliphatic rings. The molecule has 2 saturated carbocycles. The summed E-state index contributed by atoms with van der Waals surface area (Å²) in [5.74, 6) is 1.56. The summed E-state index contributed by atoms with van der Waals surface area (Å²) in [6.45, 7) is 3.19. The molecule has 2 aliphatic carbocycles. The summed E-state index contributed by atoms with van der Waals surface area (Å²) < 4.78 is 2.49. The third-order valence-electron chi connectivity index (χ3n) is 9.94. The van der Waals surface area contributed by atoms with Gasteiger partial charge in [0.05, 0.1) is 0 Å². The number of hydrogen-bond acceptors (Lipinski definition) is 2. The monoisotopic (exact) mass is 616 g/mol. The molecule has 1 heterocycles. The van der Waals surface area contributed by atoms with E-state index in [2.05, 4.69) is 66.2 Å². The van der Waals surface area contributed by atoms with Crippen molar-refractivity contribution in [2.45, 2.75) is 96.1 Å². The lowest BCUT2D eigenvalue weighted by molar-refractivity contribution is -0.120. The van der Waals surface area contributed by atoms with Crippen LogP contribution in [0.15, 0.2) is 72.9 Å². The Hall–Kier alpha value is -2.59. The average molecular weight is 618 g/mol. The Bertz CT molecular complexity index is 1530. The highest BCUT2D eigenvalue weighted by atomic mass is 35.5. The van der Waals surface area contributed by atoms with Gasteiger partial charge in [-0.3, -0.25) is 4.79 Å². The molecular formula is C38H46Cl2N2O. The molecule has 3 aromatic carbocycles. The van der Waals surface area contributed by atoms with E-state index in [1.807, 2.05) is 18.2 Å². The van der Waals surface area contributed by atoms with Crippen molar-refractivity contribution < 1.29 is 4.79 Å². The zero-order chi connectivity index (χ0) is 29.1. The van der Waals surface area contributed by atoms with E-state index in [1.165, 1.54) is 59.7 Å². The highest BCUT2D eigenvalue weighted by Gasteiger charge is 2.27. The normalized spacial score (nSPS) is 20.1. The van der Waals surface area contributed by atoms with E-state index in [0.717, 1.165) is 48.4 Å². The van der Waals surface area contributed by atoms with Gasteiger partial charge in [0.25, 0.3) is 0 Å². The number of carbonyl (C=O) groups is 1. The van der Waals surface area contributed by atoms with Crippen LogP contribution in [0.2, 0.25) is 5.02 Å². The number of rotatable bonds is 9. The van der Waals surface area contributed by atoms with E-state index in [-0.39, 0.29) is 18.3 Å². The molecule has 0 saturated heterocycles. The third kappa shape index (κ3) is 7.56. The van der Waals surface area contributed by atoms with Crippen molar-refractivity contribution in [2.24, 2.45) is 17.6 Å². The quantitative estimate of drug-likeness (QED) is 0.203. The number of nitrogens with zero attached hydrogens (tertiary/aromatic N) is 1. The van der Waals surface area contributed by atoms with Crippen LogP contribution in [0.3, 0.4) is 0 Å². The van der Waals surface area contributed by atoms with Gasteiger partial charge in [0.15, 0.2) is 0 Å². The summed E-state index contributed by atoms with van der Waals surface area (Å²) >= 11 is 6.67. The standard InChI is InChI=1S/C38H45ClN2O.ClH/c1-26-8-7-11-29(20-26)34(23-32(42)21-27-14-17-31(40)18-15-27)36-25-41(24-28-9-3-2-4-10-28)38-19-16-30(22-35(36)38)33-12-5-6-13-37(33)39;/h5-8,11-13,16,19-20,22,25,27-28,31,34H,2-4,9-10,14-15,17-18,21,23-24,40H2,1H3;1H. The van der Waals surface area contributed by atoms with Crippen LogP contribution in [0.1, 0.15) is 93.2 Å². The van der Waals surface area contributed by atoms with Crippen LogP contribution in [-0.4, -0.2) is 16.4 Å². The van der Waals surface area contributed by atoms with Crippen molar-refractivity contribution in [1.29, 1.82) is 0 Å². The number of fused-ring (bicyclic) bond motifs is 1. The first kappa shape index (κ1) is 31.8. The Morgan fingerprint density at radius 2 is 1.67 bits per heavy atom. The number of halogens is 2. The number of ketones is 1. The molecule has 4 aromatic rings. The highest BCUT2D eigenvalue weighted by molar-refractivity contribution is 6.33. The van der Waals surface area contributed by atoms with Crippen LogP contribution < -0.4 is 5.73 Å². The van der Waals surface area contributed by atoms with Crippen molar-refractivity contribution >= 4 is 40.7 Å². The minimum Gasteiger partial charge on any atom is -0.347 e. The topological polar surface area (TPSA) is 48.0 Å². The molecule has 1 aromatic heterocycles. The van der Waals surface area contributed by atoms with Crippen molar-refractivity contribution in [3.63, 3.8) is 0 Å². The predicted octanol–water partition coefficient (Wildman–Crippen LogP) is 10.3. The molecule has 2 N–H and O–H groups in total. The van der Waals surface area contributed by atoms with Gasteiger partial charge in [-0.1, -0.05) is 85.0 Å². The van der Waals surface area contributed by atoms with Crippen LogP contribution in [0.5, 0.6) is 0 Å². The SMILES string of the molecule is Cc1cccc(C(CC(=O)CC2CCC(N)CC2)c2cn(CC3CCCCC3)c3ccc(-c4ccccc4Cl)cc23)c1.Cl. The summed E-state index contributed by atoms with van der Waals surface area (Å²) in [5.41, 5.74) is 13.3. The van der Waals surface area contributed by atoms with E-state index in [9.17, 15) is 4.79 Å². The molecule has 0 bridgehead atoms. The van der Waals surface area contributed by atoms with E-state index in [1.54, 1.807) is 0 Å². The Morgan fingerprint density at radius 3 is 2.42 bits per heavy atom. The molecule has 2 fully saturated rings. The smallest absolute Gasteiger partial charge is 0.134 e. The number of aromatic nitrogens is 1. The van der Waals surface area contributed by atoms with Gasteiger partial charge in [-0.15, -0.1) is 12.4 Å². The number of benzene rings is 3. The maximum Gasteiger partial charge on any atom is 0.134 e. The molecule has 3 nitrogen and oxygen atoms in total. The van der Waals surface area contributed by atoms with Gasteiger partial charge >= 0.3 is 0 Å². The van der Waals surface area contributed by atoms with Gasteiger partial charge in [0.1, 0.15) is 5.78 Å². The third-order valence-corrected chi connectivity index (χ3v) is 10.3. The molecule has 43 heavy (non-hydrogen) atoms. The summed E-state index contributed by atoms with van der Waals surface area (Å²) in [5, 5.41) is 2.00.